The van der Waals surface area contributed by atoms with Crippen molar-refractivity contribution in [1.82, 2.24) is 15.0 Å². The lowest BCUT2D eigenvalue weighted by molar-refractivity contribution is 0.122. The summed E-state index contributed by atoms with van der Waals surface area (Å²) in [6.07, 6.45) is 1.45. The fraction of sp³-hybridized carbons (Fsp3) is 0.200. The molecule has 0 spiro atoms. The number of nitrogens with one attached hydrogen (secondary N) is 2. The quantitative estimate of drug-likeness (QED) is 0.300. The van der Waals surface area contributed by atoms with Crippen LogP contribution in [-0.2, 0) is 4.74 Å². The first kappa shape index (κ1) is 22.4. The van der Waals surface area contributed by atoms with Crippen LogP contribution in [0.25, 0.3) is 0 Å². The second kappa shape index (κ2) is 10.2. The van der Waals surface area contributed by atoms with Gasteiger partial charge in [0.25, 0.3) is 0 Å². The number of aromatic nitrogens is 3. The van der Waals surface area contributed by atoms with Crippen LogP contribution in [0.2, 0.25) is 0 Å². The van der Waals surface area contributed by atoms with Crippen LogP contribution in [0.1, 0.15) is 5.56 Å². The summed E-state index contributed by atoms with van der Waals surface area (Å²) in [6.45, 7) is 2.43. The maximum absolute atomic E-state index is 13.2. The molecule has 1 saturated heterocycles. The van der Waals surface area contributed by atoms with Crippen molar-refractivity contribution in [2.24, 2.45) is 5.10 Å². The number of halogens is 3. The van der Waals surface area contributed by atoms with E-state index in [2.05, 4.69) is 62.7 Å². The van der Waals surface area contributed by atoms with Crippen molar-refractivity contribution in [2.75, 3.05) is 41.9 Å². The molecule has 3 aromatic rings. The molecule has 1 fully saturated rings. The minimum absolute atomic E-state index is 0.0575. The summed E-state index contributed by atoms with van der Waals surface area (Å²) in [5.41, 5.74) is 3.90. The van der Waals surface area contributed by atoms with Crippen molar-refractivity contribution >= 4 is 61.6 Å². The molecule has 0 bridgehead atoms. The lowest BCUT2D eigenvalue weighted by atomic mass is 10.2. The molecule has 0 unspecified atom stereocenters. The highest BCUT2D eigenvalue weighted by Gasteiger charge is 2.17. The number of hydrogen-bond donors (Lipinski definition) is 3. The van der Waals surface area contributed by atoms with Crippen LogP contribution in [0.3, 0.4) is 0 Å². The van der Waals surface area contributed by atoms with Crippen molar-refractivity contribution in [3.05, 3.63) is 56.7 Å². The molecule has 1 aliphatic rings. The van der Waals surface area contributed by atoms with E-state index in [1.165, 1.54) is 18.3 Å². The molecule has 12 heteroatoms. The molecule has 32 heavy (non-hydrogen) atoms. The number of phenols is 1. The van der Waals surface area contributed by atoms with Crippen LogP contribution in [0, 0.1) is 5.82 Å². The second-order valence-corrected chi connectivity index (χ2v) is 8.48. The van der Waals surface area contributed by atoms with Gasteiger partial charge in [-0.25, -0.2) is 9.82 Å². The Morgan fingerprint density at radius 1 is 1.06 bits per heavy atom. The van der Waals surface area contributed by atoms with Gasteiger partial charge in [0.05, 0.1) is 23.9 Å². The van der Waals surface area contributed by atoms with Gasteiger partial charge in [-0.05, 0) is 52.3 Å². The SMILES string of the molecule is Oc1c(Br)cc(Br)cc1/C=N\Nc1nc(Nc2ccc(F)cc2)nc(N2CCOCC2)n1. The Labute approximate surface area is 200 Å². The molecule has 166 valence electrons. The van der Waals surface area contributed by atoms with E-state index in [1.54, 1.807) is 24.3 Å². The van der Waals surface area contributed by atoms with E-state index in [0.29, 0.717) is 48.0 Å². The van der Waals surface area contributed by atoms with Crippen molar-refractivity contribution in [3.8, 4) is 5.75 Å². The molecule has 2 heterocycles. The van der Waals surface area contributed by atoms with E-state index >= 15 is 0 Å². The second-order valence-electron chi connectivity index (χ2n) is 6.71. The zero-order chi connectivity index (χ0) is 22.5. The van der Waals surface area contributed by atoms with Crippen molar-refractivity contribution in [3.63, 3.8) is 0 Å². The molecule has 0 atom stereocenters. The topological polar surface area (TPSA) is 108 Å². The number of morpholine rings is 1. The Morgan fingerprint density at radius 3 is 2.53 bits per heavy atom. The molecule has 9 nitrogen and oxygen atoms in total. The molecule has 0 saturated carbocycles. The van der Waals surface area contributed by atoms with Crippen molar-refractivity contribution in [2.45, 2.75) is 0 Å². The Hall–Kier alpha value is -2.83. The molecule has 0 aliphatic carbocycles. The molecule has 0 radical (unpaired) electrons. The first-order chi connectivity index (χ1) is 15.5. The van der Waals surface area contributed by atoms with Gasteiger partial charge < -0.3 is 20.1 Å². The van der Waals surface area contributed by atoms with Crippen LogP contribution < -0.4 is 15.6 Å². The number of benzene rings is 2. The molecule has 1 aliphatic heterocycles. The smallest absolute Gasteiger partial charge is 0.250 e. The number of ether oxygens (including phenoxy) is 1. The number of rotatable bonds is 6. The van der Waals surface area contributed by atoms with Gasteiger partial charge in [-0.1, -0.05) is 15.9 Å². The summed E-state index contributed by atoms with van der Waals surface area (Å²) in [5.74, 6) is 0.662. The fourth-order valence-electron chi connectivity index (χ4n) is 2.88. The summed E-state index contributed by atoms with van der Waals surface area (Å²) in [6, 6.07) is 9.32. The predicted molar refractivity (Wildman–Crippen MR) is 127 cm³/mol. The Kier molecular flexibility index (Phi) is 7.12. The largest absolute Gasteiger partial charge is 0.506 e. The van der Waals surface area contributed by atoms with Crippen LogP contribution >= 0.6 is 31.9 Å². The molecular formula is C20H18Br2FN7O2. The van der Waals surface area contributed by atoms with Gasteiger partial charge in [0.2, 0.25) is 17.8 Å². The summed E-state index contributed by atoms with van der Waals surface area (Å²) in [4.78, 5) is 15.2. The Bertz CT molecular complexity index is 1130. The first-order valence-corrected chi connectivity index (χ1v) is 11.1. The minimum atomic E-state index is -0.334. The Balaban J connectivity index is 1.59. The molecular weight excluding hydrogens is 549 g/mol. The molecule has 3 N–H and O–H groups in total. The standard InChI is InChI=1S/C20H18Br2FN7O2/c21-13-9-12(17(31)16(22)10-13)11-24-29-19-26-18(25-15-3-1-14(23)2-4-15)27-20(28-19)30-5-7-32-8-6-30/h1-4,9-11,31H,5-8H2,(H2,25,26,27,28,29)/b24-11-. The lowest BCUT2D eigenvalue weighted by Crippen LogP contribution is -2.37. The minimum Gasteiger partial charge on any atom is -0.506 e. The van der Waals surface area contributed by atoms with E-state index in [0.717, 1.165) is 4.47 Å². The summed E-state index contributed by atoms with van der Waals surface area (Å²) in [5, 5.41) is 17.4. The number of nitrogens with zero attached hydrogens (tertiary/aromatic N) is 5. The highest BCUT2D eigenvalue weighted by atomic mass is 79.9. The van der Waals surface area contributed by atoms with Gasteiger partial charge >= 0.3 is 0 Å². The average Bonchev–Trinajstić information content (AvgIpc) is 2.79. The maximum atomic E-state index is 13.2. The highest BCUT2D eigenvalue weighted by Crippen LogP contribution is 2.30. The van der Waals surface area contributed by atoms with Gasteiger partial charge in [0.15, 0.2) is 0 Å². The number of hydrazone groups is 1. The number of hydrogen-bond acceptors (Lipinski definition) is 9. The molecule has 2 aromatic carbocycles. The van der Waals surface area contributed by atoms with Gasteiger partial charge in [-0.2, -0.15) is 20.1 Å². The normalized spacial score (nSPS) is 14.0. The number of anilines is 4. The zero-order valence-electron chi connectivity index (χ0n) is 16.6. The third-order valence-electron chi connectivity index (χ3n) is 4.44. The van der Waals surface area contributed by atoms with Crippen molar-refractivity contribution in [1.29, 1.82) is 0 Å². The Morgan fingerprint density at radius 2 is 1.78 bits per heavy atom. The third kappa shape index (κ3) is 5.69. The number of aromatic hydroxyl groups is 1. The van der Waals surface area contributed by atoms with Crippen LogP contribution in [-0.4, -0.2) is 52.6 Å². The van der Waals surface area contributed by atoms with Crippen LogP contribution in [0.5, 0.6) is 5.75 Å². The van der Waals surface area contributed by atoms with E-state index in [9.17, 15) is 9.50 Å². The first-order valence-electron chi connectivity index (χ1n) is 9.56. The number of phenolic OH excluding ortho intramolecular Hbond substituents is 1. The molecule has 0 amide bonds. The van der Waals surface area contributed by atoms with Gasteiger partial charge in [-0.3, -0.25) is 0 Å². The third-order valence-corrected chi connectivity index (χ3v) is 5.51. The van der Waals surface area contributed by atoms with E-state index < -0.39 is 0 Å². The molecule has 4 rings (SSSR count). The van der Waals surface area contributed by atoms with Gasteiger partial charge in [-0.15, -0.1) is 0 Å². The predicted octanol–water partition coefficient (Wildman–Crippen LogP) is 4.27. The summed E-state index contributed by atoms with van der Waals surface area (Å²) in [7, 11) is 0. The molecule has 1 aromatic heterocycles. The average molecular weight is 567 g/mol. The fourth-order valence-corrected chi connectivity index (χ4v) is 4.14. The van der Waals surface area contributed by atoms with Gasteiger partial charge in [0, 0.05) is 28.8 Å². The summed E-state index contributed by atoms with van der Waals surface area (Å²) < 4.78 is 19.9. The summed E-state index contributed by atoms with van der Waals surface area (Å²) >= 11 is 6.67. The van der Waals surface area contributed by atoms with E-state index in [-0.39, 0.29) is 23.5 Å². The van der Waals surface area contributed by atoms with E-state index in [1.807, 2.05) is 4.90 Å². The lowest BCUT2D eigenvalue weighted by Gasteiger charge is -2.27. The van der Waals surface area contributed by atoms with Crippen LogP contribution in [0.15, 0.2) is 50.4 Å². The monoisotopic (exact) mass is 565 g/mol. The van der Waals surface area contributed by atoms with Crippen molar-refractivity contribution < 1.29 is 14.2 Å². The van der Waals surface area contributed by atoms with Gasteiger partial charge in [0.1, 0.15) is 11.6 Å². The highest BCUT2D eigenvalue weighted by molar-refractivity contribution is 9.11. The van der Waals surface area contributed by atoms with E-state index in [4.69, 9.17) is 4.74 Å². The van der Waals surface area contributed by atoms with Crippen LogP contribution in [0.4, 0.5) is 27.9 Å². The zero-order valence-corrected chi connectivity index (χ0v) is 19.8. The maximum Gasteiger partial charge on any atom is 0.250 e.